The Morgan fingerprint density at radius 2 is 1.92 bits per heavy atom. The number of para-hydroxylation sites is 1. The van der Waals surface area contributed by atoms with Crippen LogP contribution >= 0.6 is 0 Å². The first-order valence-corrected chi connectivity index (χ1v) is 14.2. The van der Waals surface area contributed by atoms with Crippen LogP contribution in [0.3, 0.4) is 0 Å². The van der Waals surface area contributed by atoms with Crippen LogP contribution in [0.5, 0.6) is 0 Å². The van der Waals surface area contributed by atoms with Gasteiger partial charge in [-0.3, -0.25) is 9.59 Å². The van der Waals surface area contributed by atoms with Gasteiger partial charge in [-0.25, -0.2) is 0 Å². The lowest BCUT2D eigenvalue weighted by Gasteiger charge is -2.37. The summed E-state index contributed by atoms with van der Waals surface area (Å²) in [4.78, 5) is 27.0. The van der Waals surface area contributed by atoms with E-state index in [0.29, 0.717) is 61.2 Å². The highest BCUT2D eigenvalue weighted by atomic mass is 16.7. The highest BCUT2D eigenvalue weighted by Gasteiger charge is 2.43. The van der Waals surface area contributed by atoms with Gasteiger partial charge in [0.15, 0.2) is 11.2 Å². The van der Waals surface area contributed by atoms with Crippen molar-refractivity contribution in [3.8, 4) is 0 Å². The molecule has 2 N–H and O–H groups in total. The summed E-state index contributed by atoms with van der Waals surface area (Å²) < 4.78 is 29.1. The van der Waals surface area contributed by atoms with E-state index in [4.69, 9.17) is 28.5 Å². The molecule has 5 rings (SSSR count). The van der Waals surface area contributed by atoms with Crippen LogP contribution in [-0.4, -0.2) is 63.0 Å². The number of fused-ring (bicyclic) bond motifs is 3. The van der Waals surface area contributed by atoms with Gasteiger partial charge in [0.1, 0.15) is 5.58 Å². The molecule has 39 heavy (non-hydrogen) atoms. The van der Waals surface area contributed by atoms with Crippen LogP contribution in [0, 0.1) is 17.8 Å². The first-order valence-electron chi connectivity index (χ1n) is 14.2. The van der Waals surface area contributed by atoms with Gasteiger partial charge in [0.05, 0.1) is 38.1 Å². The van der Waals surface area contributed by atoms with E-state index in [-0.39, 0.29) is 42.3 Å². The fraction of sp³-hybridized carbons (Fsp3) is 0.600. The molecule has 2 bridgehead atoms. The number of aliphatic hydroxyl groups excluding tert-OH is 1. The molecule has 2 saturated carbocycles. The zero-order valence-corrected chi connectivity index (χ0v) is 22.5. The maximum absolute atomic E-state index is 13.6. The lowest BCUT2D eigenvalue weighted by molar-refractivity contribution is -0.168. The molecule has 1 aromatic heterocycles. The van der Waals surface area contributed by atoms with E-state index in [1.54, 1.807) is 18.2 Å². The number of allylic oxidation sites excluding steroid dienone is 1. The van der Waals surface area contributed by atoms with Crippen LogP contribution in [0.25, 0.3) is 11.0 Å². The van der Waals surface area contributed by atoms with Crippen LogP contribution in [0.4, 0.5) is 0 Å². The zero-order valence-electron chi connectivity index (χ0n) is 22.5. The third-order valence-corrected chi connectivity index (χ3v) is 8.26. The lowest BCUT2D eigenvalue weighted by atomic mass is 9.81. The van der Waals surface area contributed by atoms with Gasteiger partial charge in [0.25, 0.3) is 5.91 Å². The Morgan fingerprint density at radius 1 is 1.10 bits per heavy atom. The Kier molecular flexibility index (Phi) is 9.34. The molecule has 0 radical (unpaired) electrons. The molecule has 3 aliphatic rings. The summed E-state index contributed by atoms with van der Waals surface area (Å²) in [6.45, 7) is 3.64. The van der Waals surface area contributed by atoms with Crippen molar-refractivity contribution >= 4 is 16.9 Å². The number of rotatable bonds is 13. The number of hydrogen-bond donors (Lipinski definition) is 2. The average molecular weight is 542 g/mol. The smallest absolute Gasteiger partial charge is 0.286 e. The van der Waals surface area contributed by atoms with Crippen LogP contribution in [0.1, 0.15) is 50.5 Å². The molecule has 1 amide bonds. The van der Waals surface area contributed by atoms with Gasteiger partial charge in [-0.1, -0.05) is 18.6 Å². The minimum absolute atomic E-state index is 0.0320. The van der Waals surface area contributed by atoms with Gasteiger partial charge in [-0.2, -0.15) is 0 Å². The molecule has 2 heterocycles. The fourth-order valence-corrected chi connectivity index (χ4v) is 6.38. The van der Waals surface area contributed by atoms with Crippen molar-refractivity contribution in [2.24, 2.45) is 17.8 Å². The van der Waals surface area contributed by atoms with E-state index >= 15 is 0 Å². The third kappa shape index (κ3) is 6.38. The molecule has 6 atom stereocenters. The Balaban J connectivity index is 1.40. The molecule has 0 saturated heterocycles. The standard InChI is InChI=1S/C30H39NO8/c1-2-37-30-21(9-11-35-13-14-36-12-10-32)23(24-18-38-26-6-4-3-5-22(26)28(24)33)17-27(39-30)29(34)31-25-16-19-7-8-20(25)15-19/h3-6,17-21,23,25,30,32H,2,7-16H2,1H3,(H,31,34). The largest absolute Gasteiger partial charge is 0.464 e. The van der Waals surface area contributed by atoms with E-state index in [2.05, 4.69) is 5.32 Å². The minimum Gasteiger partial charge on any atom is -0.464 e. The van der Waals surface area contributed by atoms with Crippen LogP contribution < -0.4 is 10.7 Å². The molecule has 9 nitrogen and oxygen atoms in total. The predicted octanol–water partition coefficient (Wildman–Crippen LogP) is 3.49. The molecule has 9 heteroatoms. The molecule has 1 aromatic carbocycles. The number of benzene rings is 1. The van der Waals surface area contributed by atoms with Gasteiger partial charge < -0.3 is 33.8 Å². The summed E-state index contributed by atoms with van der Waals surface area (Å²) in [6, 6.07) is 7.31. The van der Waals surface area contributed by atoms with Crippen molar-refractivity contribution in [2.45, 2.75) is 57.3 Å². The Bertz CT molecular complexity index is 1210. The van der Waals surface area contributed by atoms with E-state index in [1.165, 1.54) is 19.1 Å². The van der Waals surface area contributed by atoms with Crippen molar-refractivity contribution in [1.29, 1.82) is 0 Å². The van der Waals surface area contributed by atoms with E-state index < -0.39 is 12.2 Å². The highest BCUT2D eigenvalue weighted by Crippen LogP contribution is 2.45. The maximum atomic E-state index is 13.6. The summed E-state index contributed by atoms with van der Waals surface area (Å²) in [5.74, 6) is 0.399. The van der Waals surface area contributed by atoms with Gasteiger partial charge in [0, 0.05) is 36.7 Å². The molecule has 212 valence electrons. The summed E-state index contributed by atoms with van der Waals surface area (Å²) in [7, 11) is 0. The molecule has 2 aromatic rings. The molecule has 0 spiro atoms. The number of hydrogen-bond acceptors (Lipinski definition) is 8. The van der Waals surface area contributed by atoms with E-state index in [1.807, 2.05) is 19.1 Å². The van der Waals surface area contributed by atoms with Crippen LogP contribution in [-0.2, 0) is 23.7 Å². The summed E-state index contributed by atoms with van der Waals surface area (Å²) >= 11 is 0. The minimum atomic E-state index is -0.731. The number of amides is 1. The first kappa shape index (κ1) is 27.8. The first-order chi connectivity index (χ1) is 19.1. The molecule has 2 fully saturated rings. The lowest BCUT2D eigenvalue weighted by Crippen LogP contribution is -2.44. The van der Waals surface area contributed by atoms with E-state index in [9.17, 15) is 9.59 Å². The number of carbonyl (C=O) groups excluding carboxylic acids is 1. The molecule has 6 unspecified atom stereocenters. The van der Waals surface area contributed by atoms with Gasteiger partial charge in [0.2, 0.25) is 6.29 Å². The molecule has 1 aliphatic heterocycles. The van der Waals surface area contributed by atoms with Crippen molar-refractivity contribution < 1.29 is 33.3 Å². The van der Waals surface area contributed by atoms with Gasteiger partial charge in [-0.05, 0) is 62.7 Å². The fourth-order valence-electron chi connectivity index (χ4n) is 6.38. The Morgan fingerprint density at radius 3 is 2.67 bits per heavy atom. The topological polar surface area (TPSA) is 116 Å². The second kappa shape index (κ2) is 13.1. The predicted molar refractivity (Wildman–Crippen MR) is 144 cm³/mol. The maximum Gasteiger partial charge on any atom is 0.286 e. The number of ether oxygens (including phenoxy) is 4. The second-order valence-electron chi connectivity index (χ2n) is 10.7. The van der Waals surface area contributed by atoms with Crippen molar-refractivity contribution in [2.75, 3.05) is 39.6 Å². The highest BCUT2D eigenvalue weighted by molar-refractivity contribution is 5.92. The molecular weight excluding hydrogens is 502 g/mol. The summed E-state index contributed by atoms with van der Waals surface area (Å²) in [5, 5.41) is 12.5. The third-order valence-electron chi connectivity index (χ3n) is 8.26. The molecule has 2 aliphatic carbocycles. The van der Waals surface area contributed by atoms with Crippen molar-refractivity contribution in [1.82, 2.24) is 5.32 Å². The SMILES string of the molecule is CCOC1OC(C(=O)NC2CC3CCC2C3)=CC(c2coc3ccccc3c2=O)C1CCOCCOCCO. The van der Waals surface area contributed by atoms with Crippen LogP contribution in [0.15, 0.2) is 51.6 Å². The average Bonchev–Trinajstić information content (AvgIpc) is 3.57. The summed E-state index contributed by atoms with van der Waals surface area (Å²) in [5.41, 5.74) is 0.843. The van der Waals surface area contributed by atoms with E-state index in [0.717, 1.165) is 12.8 Å². The monoisotopic (exact) mass is 541 g/mol. The molecular formula is C30H39NO8. The van der Waals surface area contributed by atoms with Gasteiger partial charge in [-0.15, -0.1) is 0 Å². The van der Waals surface area contributed by atoms with Gasteiger partial charge >= 0.3 is 0 Å². The zero-order chi connectivity index (χ0) is 27.2. The number of nitrogens with one attached hydrogen (secondary N) is 1. The second-order valence-corrected chi connectivity index (χ2v) is 10.7. The Hall–Kier alpha value is -2.72. The summed E-state index contributed by atoms with van der Waals surface area (Å²) in [6.07, 6.45) is 7.66. The number of carbonyl (C=O) groups is 1. The quantitative estimate of drug-likeness (QED) is 0.370. The van der Waals surface area contributed by atoms with Crippen molar-refractivity contribution in [3.63, 3.8) is 0 Å². The normalized spacial score (nSPS) is 27.9. The number of aliphatic hydroxyl groups is 1. The van der Waals surface area contributed by atoms with Crippen molar-refractivity contribution in [3.05, 3.63) is 58.2 Å². The van der Waals surface area contributed by atoms with Crippen LogP contribution in [0.2, 0.25) is 0 Å². The Labute approximate surface area is 228 Å².